The van der Waals surface area contributed by atoms with Crippen LogP contribution in [-0.4, -0.2) is 71.0 Å². The maximum absolute atomic E-state index is 13.0. The van der Waals surface area contributed by atoms with Gasteiger partial charge in [-0.1, -0.05) is 29.3 Å². The average molecular weight is 833 g/mol. The molecule has 18 heteroatoms. The number of carbonyl (C=O) groups excluding carboxylic acids is 1. The van der Waals surface area contributed by atoms with Gasteiger partial charge in [-0.3, -0.25) is 9.52 Å². The number of thiazole rings is 2. The lowest BCUT2D eigenvalue weighted by Crippen LogP contribution is -2.60. The number of halogens is 2. The third-order valence-corrected chi connectivity index (χ3v) is 14.6. The van der Waals surface area contributed by atoms with Crippen LogP contribution in [0.2, 0.25) is 10.0 Å². The molecule has 2 aromatic heterocycles. The summed E-state index contributed by atoms with van der Waals surface area (Å²) in [5.74, 6) is -0.0960. The van der Waals surface area contributed by atoms with E-state index in [2.05, 4.69) is 29.8 Å². The monoisotopic (exact) mass is 831 g/mol. The molecule has 1 aliphatic carbocycles. The van der Waals surface area contributed by atoms with Gasteiger partial charge in [-0.05, 0) is 79.1 Å². The molecule has 1 saturated carbocycles. The zero-order chi connectivity index (χ0) is 37.4. The van der Waals surface area contributed by atoms with E-state index >= 15 is 0 Å². The molecule has 4 heterocycles. The Hall–Kier alpha value is -3.77. The maximum atomic E-state index is 13.0. The quantitative estimate of drug-likeness (QED) is 0.154. The average Bonchev–Trinajstić information content (AvgIpc) is 3.44. The van der Waals surface area contributed by atoms with Crippen LogP contribution in [0.3, 0.4) is 0 Å². The molecule has 4 N–H and O–H groups in total. The first-order valence-electron chi connectivity index (χ1n) is 16.6. The predicted octanol–water partition coefficient (Wildman–Crippen LogP) is 5.55. The van der Waals surface area contributed by atoms with E-state index < -0.39 is 25.3 Å². The largest absolute Gasteiger partial charge is 0.368 e. The summed E-state index contributed by atoms with van der Waals surface area (Å²) in [6.07, 6.45) is 4.70. The van der Waals surface area contributed by atoms with Crippen molar-refractivity contribution in [1.82, 2.24) is 15.3 Å². The molecule has 2 aliphatic heterocycles. The number of sulfonamides is 1. The van der Waals surface area contributed by atoms with Crippen LogP contribution < -0.4 is 25.6 Å². The summed E-state index contributed by atoms with van der Waals surface area (Å²) in [6, 6.07) is 19.2. The smallest absolute Gasteiger partial charge is 0.263 e. The van der Waals surface area contributed by atoms with Gasteiger partial charge in [-0.15, -0.1) is 22.7 Å². The number of nitrogens with zero attached hydrogens (tertiary/aromatic N) is 4. The van der Waals surface area contributed by atoms with Crippen LogP contribution in [0.1, 0.15) is 23.4 Å². The topological polar surface area (TPSA) is 168 Å². The van der Waals surface area contributed by atoms with Crippen molar-refractivity contribution in [3.8, 4) is 0 Å². The third kappa shape index (κ3) is 8.48. The van der Waals surface area contributed by atoms with Crippen molar-refractivity contribution in [2.24, 2.45) is 5.73 Å². The second kappa shape index (κ2) is 15.2. The van der Waals surface area contributed by atoms with Gasteiger partial charge in [0.2, 0.25) is 5.91 Å². The van der Waals surface area contributed by atoms with Crippen LogP contribution in [0.5, 0.6) is 0 Å². The van der Waals surface area contributed by atoms with E-state index in [1.807, 2.05) is 18.2 Å². The molecule has 8 rings (SSSR count). The minimum absolute atomic E-state index is 0.000000273. The minimum Gasteiger partial charge on any atom is -0.368 e. The van der Waals surface area contributed by atoms with Crippen molar-refractivity contribution in [3.05, 3.63) is 111 Å². The van der Waals surface area contributed by atoms with Gasteiger partial charge in [0.05, 0.1) is 21.2 Å². The standard InChI is InChI=1S/C23H21Cl2N3O3S2.C12H14N4O2S2/c24-15-1-6-19(20(25)11-15)23(7-8-23)22(29)27-16-12-28(13-16)17-2-4-18(5-3-17)33(30,31)14-21-26-9-10-32-21;13-9-7-16(8-9)10-1-3-11(4-2-10)20(17,18)15-12-14-5-6-19-12/h1-6,9-11,16H,7-8,12-14H2,(H,27,29);1-6,9H,7-8,13H2,(H,14,15). The number of amides is 1. The number of rotatable bonds is 11. The number of carbonyl (C=O) groups is 1. The maximum Gasteiger partial charge on any atom is 0.263 e. The Morgan fingerprint density at radius 3 is 1.98 bits per heavy atom. The van der Waals surface area contributed by atoms with Gasteiger partial charge in [-0.25, -0.2) is 26.8 Å². The summed E-state index contributed by atoms with van der Waals surface area (Å²) in [5, 5.41) is 8.65. The van der Waals surface area contributed by atoms with Crippen molar-refractivity contribution >= 4 is 88.1 Å². The summed E-state index contributed by atoms with van der Waals surface area (Å²) in [4.78, 5) is 25.7. The van der Waals surface area contributed by atoms with E-state index in [-0.39, 0.29) is 33.5 Å². The summed E-state index contributed by atoms with van der Waals surface area (Å²) in [5.41, 5.74) is 7.91. The van der Waals surface area contributed by atoms with E-state index in [4.69, 9.17) is 28.9 Å². The molecule has 1 amide bonds. The number of nitrogens with one attached hydrogen (secondary N) is 2. The van der Waals surface area contributed by atoms with E-state index in [0.717, 1.165) is 42.9 Å². The number of sulfone groups is 1. The summed E-state index contributed by atoms with van der Waals surface area (Å²) in [6.45, 7) is 2.95. The number of aromatic nitrogens is 2. The summed E-state index contributed by atoms with van der Waals surface area (Å²) in [7, 11) is -7.00. The van der Waals surface area contributed by atoms with Gasteiger partial charge in [-0.2, -0.15) is 0 Å². The minimum atomic E-state index is -3.57. The van der Waals surface area contributed by atoms with Crippen LogP contribution >= 0.6 is 45.9 Å². The first-order valence-corrected chi connectivity index (χ1v) is 22.2. The highest BCUT2D eigenvalue weighted by molar-refractivity contribution is 7.93. The van der Waals surface area contributed by atoms with Gasteiger partial charge in [0.15, 0.2) is 15.0 Å². The Morgan fingerprint density at radius 2 is 1.43 bits per heavy atom. The van der Waals surface area contributed by atoms with Crippen molar-refractivity contribution < 1.29 is 21.6 Å². The number of anilines is 3. The second-order valence-electron chi connectivity index (χ2n) is 13.1. The number of benzene rings is 3. The Morgan fingerprint density at radius 1 is 0.830 bits per heavy atom. The highest BCUT2D eigenvalue weighted by Crippen LogP contribution is 2.51. The van der Waals surface area contributed by atoms with Crippen LogP contribution in [0.15, 0.2) is 99.7 Å². The van der Waals surface area contributed by atoms with E-state index in [0.29, 0.717) is 33.3 Å². The molecule has 5 aromatic rings. The Bertz CT molecular complexity index is 2280. The SMILES string of the molecule is NC1CN(c2ccc(S(=O)(=O)Nc3nccs3)cc2)C1.O=C(NC1CN(c2ccc(S(=O)(=O)Cc3nccs3)cc2)C1)C1(c2ccc(Cl)cc2Cl)CC1. The van der Waals surface area contributed by atoms with Gasteiger partial charge in [0.1, 0.15) is 10.8 Å². The molecule has 3 aliphatic rings. The molecule has 0 spiro atoms. The molecule has 3 aromatic carbocycles. The zero-order valence-corrected chi connectivity index (χ0v) is 32.8. The first-order chi connectivity index (χ1) is 25.3. The molecule has 0 atom stereocenters. The molecule has 3 fully saturated rings. The molecule has 0 bridgehead atoms. The van der Waals surface area contributed by atoms with Crippen molar-refractivity contribution in [2.45, 2.75) is 45.9 Å². The van der Waals surface area contributed by atoms with Crippen LogP contribution in [-0.2, 0) is 35.8 Å². The molecule has 0 radical (unpaired) electrons. The molecular weight excluding hydrogens is 798 g/mol. The Balaban J connectivity index is 0.000000186. The fourth-order valence-corrected chi connectivity index (χ4v) is 10.8. The number of hydrogen-bond acceptors (Lipinski definition) is 12. The van der Waals surface area contributed by atoms with Gasteiger partial charge in [0, 0.05) is 76.8 Å². The summed E-state index contributed by atoms with van der Waals surface area (Å²) >= 11 is 14.9. The molecule has 0 unspecified atom stereocenters. The second-order valence-corrected chi connectivity index (χ2v) is 19.5. The van der Waals surface area contributed by atoms with Gasteiger partial charge >= 0.3 is 0 Å². The van der Waals surface area contributed by atoms with E-state index in [1.165, 1.54) is 22.7 Å². The first kappa shape index (κ1) is 37.5. The van der Waals surface area contributed by atoms with Crippen LogP contribution in [0, 0.1) is 0 Å². The Labute approximate surface area is 325 Å². The van der Waals surface area contributed by atoms with Gasteiger partial charge in [0.25, 0.3) is 10.0 Å². The molecule has 278 valence electrons. The number of nitrogens with two attached hydrogens (primary N) is 1. The fourth-order valence-electron chi connectivity index (χ4n) is 6.17. The number of hydrogen-bond donors (Lipinski definition) is 3. The van der Waals surface area contributed by atoms with Crippen molar-refractivity contribution in [2.75, 3.05) is 40.7 Å². The normalized spacial score (nSPS) is 16.9. The molecular formula is C35H35Cl2N7O5S4. The third-order valence-electron chi connectivity index (χ3n) is 9.28. The van der Waals surface area contributed by atoms with E-state index in [9.17, 15) is 21.6 Å². The molecule has 12 nitrogen and oxygen atoms in total. The highest BCUT2D eigenvalue weighted by atomic mass is 35.5. The lowest BCUT2D eigenvalue weighted by Gasteiger charge is -2.42. The van der Waals surface area contributed by atoms with Crippen molar-refractivity contribution in [3.63, 3.8) is 0 Å². The molecule has 53 heavy (non-hydrogen) atoms. The highest BCUT2D eigenvalue weighted by Gasteiger charge is 2.53. The summed E-state index contributed by atoms with van der Waals surface area (Å²) < 4.78 is 51.9. The van der Waals surface area contributed by atoms with Crippen LogP contribution in [0.4, 0.5) is 16.5 Å². The lowest BCUT2D eigenvalue weighted by molar-refractivity contribution is -0.124. The zero-order valence-electron chi connectivity index (χ0n) is 28.1. The molecule has 2 saturated heterocycles. The van der Waals surface area contributed by atoms with E-state index in [1.54, 1.807) is 71.7 Å². The lowest BCUT2D eigenvalue weighted by atomic mass is 9.94. The fraction of sp³-hybridized carbons (Fsp3) is 0.286. The van der Waals surface area contributed by atoms with Gasteiger partial charge < -0.3 is 20.9 Å². The van der Waals surface area contributed by atoms with Crippen molar-refractivity contribution in [1.29, 1.82) is 0 Å². The predicted molar refractivity (Wildman–Crippen MR) is 211 cm³/mol. The Kier molecular flexibility index (Phi) is 10.7. The van der Waals surface area contributed by atoms with Crippen LogP contribution in [0.25, 0.3) is 0 Å².